The van der Waals surface area contributed by atoms with Crippen LogP contribution in [0.3, 0.4) is 0 Å². The quantitative estimate of drug-likeness (QED) is 0.799. The molecule has 2 aromatic rings. The van der Waals surface area contributed by atoms with E-state index in [-0.39, 0.29) is 23.8 Å². The minimum absolute atomic E-state index is 0.0501. The predicted molar refractivity (Wildman–Crippen MR) is 96.6 cm³/mol. The van der Waals surface area contributed by atoms with Crippen molar-refractivity contribution in [3.05, 3.63) is 71.0 Å². The molecule has 0 aromatic heterocycles. The maximum absolute atomic E-state index is 13.7. The van der Waals surface area contributed by atoms with Crippen molar-refractivity contribution in [3.63, 3.8) is 0 Å². The molecule has 0 bridgehead atoms. The highest BCUT2D eigenvalue weighted by molar-refractivity contribution is 5.80. The summed E-state index contributed by atoms with van der Waals surface area (Å²) in [6.07, 6.45) is 3.13. The number of nitrogens with two attached hydrogens (primary N) is 1. The monoisotopic (exact) mass is 341 g/mol. The van der Waals surface area contributed by atoms with Gasteiger partial charge in [0.25, 0.3) is 5.91 Å². The number of carbonyl (C=O) groups excluding carboxylic acids is 1. The Morgan fingerprint density at radius 1 is 1.20 bits per heavy atom. The van der Waals surface area contributed by atoms with Crippen LogP contribution in [0.15, 0.2) is 48.5 Å². The van der Waals surface area contributed by atoms with Crippen LogP contribution < -0.4 is 10.6 Å². The van der Waals surface area contributed by atoms with E-state index in [0.717, 1.165) is 30.4 Å². The SMILES string of the molecule is CCc1ccc([C@@H]([NH2+][C@H](C)C(=O)NC2CC2)c2cccc(F)c2)cc1. The van der Waals surface area contributed by atoms with Gasteiger partial charge in [0, 0.05) is 17.2 Å². The fourth-order valence-corrected chi connectivity index (χ4v) is 3.01. The second-order valence-corrected chi connectivity index (χ2v) is 6.89. The molecule has 0 radical (unpaired) electrons. The first-order valence-electron chi connectivity index (χ1n) is 9.06. The standard InChI is InChI=1S/C21H25FN2O/c1-3-15-7-9-16(10-8-15)20(17-5-4-6-18(22)13-17)23-14(2)21(25)24-19-11-12-19/h4-10,13-14,19-20,23H,3,11-12H2,1-2H3,(H,24,25)/p+1/t14-,20-/m1/s1. The van der Waals surface area contributed by atoms with Crippen molar-refractivity contribution < 1.29 is 14.5 Å². The number of halogens is 1. The summed E-state index contributed by atoms with van der Waals surface area (Å²) in [6, 6.07) is 15.0. The lowest BCUT2D eigenvalue weighted by Crippen LogP contribution is -2.92. The summed E-state index contributed by atoms with van der Waals surface area (Å²) in [5, 5.41) is 5.07. The average Bonchev–Trinajstić information content (AvgIpc) is 3.43. The van der Waals surface area contributed by atoms with E-state index >= 15 is 0 Å². The van der Waals surface area contributed by atoms with Gasteiger partial charge in [-0.05, 0) is 43.9 Å². The van der Waals surface area contributed by atoms with E-state index in [1.807, 2.05) is 18.3 Å². The van der Waals surface area contributed by atoms with Crippen LogP contribution in [-0.2, 0) is 11.2 Å². The Kier molecular flexibility index (Phi) is 5.49. The van der Waals surface area contributed by atoms with Crippen LogP contribution in [-0.4, -0.2) is 18.0 Å². The second-order valence-electron chi connectivity index (χ2n) is 6.89. The molecule has 1 aliphatic carbocycles. The van der Waals surface area contributed by atoms with Gasteiger partial charge < -0.3 is 10.6 Å². The largest absolute Gasteiger partial charge is 0.348 e. The lowest BCUT2D eigenvalue weighted by atomic mass is 9.96. The van der Waals surface area contributed by atoms with Gasteiger partial charge in [0.05, 0.1) is 0 Å². The van der Waals surface area contributed by atoms with E-state index in [0.29, 0.717) is 6.04 Å². The Hall–Kier alpha value is -2.20. The summed E-state index contributed by atoms with van der Waals surface area (Å²) in [6.45, 7) is 4.03. The normalized spacial score (nSPS) is 16.3. The number of hydrogen-bond acceptors (Lipinski definition) is 1. The molecule has 4 heteroatoms. The third kappa shape index (κ3) is 4.67. The topological polar surface area (TPSA) is 45.7 Å². The van der Waals surface area contributed by atoms with Crippen LogP contribution in [0.5, 0.6) is 0 Å². The smallest absolute Gasteiger partial charge is 0.278 e. The Morgan fingerprint density at radius 3 is 2.52 bits per heavy atom. The van der Waals surface area contributed by atoms with E-state index in [2.05, 4.69) is 36.5 Å². The predicted octanol–water partition coefficient (Wildman–Crippen LogP) is 2.71. The molecule has 1 fully saturated rings. The summed E-state index contributed by atoms with van der Waals surface area (Å²) >= 11 is 0. The van der Waals surface area contributed by atoms with Crippen LogP contribution in [0, 0.1) is 5.82 Å². The van der Waals surface area contributed by atoms with Gasteiger partial charge in [0.15, 0.2) is 6.04 Å². The zero-order chi connectivity index (χ0) is 17.8. The van der Waals surface area contributed by atoms with Crippen LogP contribution in [0.2, 0.25) is 0 Å². The van der Waals surface area contributed by atoms with Crippen molar-refractivity contribution >= 4 is 5.91 Å². The summed E-state index contributed by atoms with van der Waals surface area (Å²) < 4.78 is 13.7. The van der Waals surface area contributed by atoms with Crippen molar-refractivity contribution in [3.8, 4) is 0 Å². The molecule has 2 aromatic carbocycles. The fourth-order valence-electron chi connectivity index (χ4n) is 3.01. The molecule has 25 heavy (non-hydrogen) atoms. The van der Waals surface area contributed by atoms with Crippen molar-refractivity contribution in [2.24, 2.45) is 0 Å². The number of benzene rings is 2. The van der Waals surface area contributed by atoms with E-state index in [9.17, 15) is 9.18 Å². The number of rotatable bonds is 7. The molecular formula is C21H26FN2O+. The zero-order valence-electron chi connectivity index (χ0n) is 14.8. The zero-order valence-corrected chi connectivity index (χ0v) is 14.8. The number of carbonyl (C=O) groups is 1. The molecule has 0 unspecified atom stereocenters. The van der Waals surface area contributed by atoms with Gasteiger partial charge in [-0.1, -0.05) is 43.3 Å². The first kappa shape index (κ1) is 17.6. The van der Waals surface area contributed by atoms with Crippen LogP contribution in [0.25, 0.3) is 0 Å². The van der Waals surface area contributed by atoms with Gasteiger partial charge in [0.1, 0.15) is 11.9 Å². The van der Waals surface area contributed by atoms with Gasteiger partial charge in [0.2, 0.25) is 0 Å². The molecule has 1 saturated carbocycles. The number of hydrogen-bond donors (Lipinski definition) is 2. The second kappa shape index (κ2) is 7.79. The Morgan fingerprint density at radius 2 is 1.92 bits per heavy atom. The highest BCUT2D eigenvalue weighted by Crippen LogP contribution is 2.21. The number of aryl methyl sites for hydroxylation is 1. The Balaban J connectivity index is 1.83. The number of amides is 1. The van der Waals surface area contributed by atoms with E-state index in [1.54, 1.807) is 12.1 Å². The van der Waals surface area contributed by atoms with Gasteiger partial charge in [-0.3, -0.25) is 4.79 Å². The third-order valence-electron chi connectivity index (χ3n) is 4.77. The molecule has 0 heterocycles. The van der Waals surface area contributed by atoms with Gasteiger partial charge in [-0.15, -0.1) is 0 Å². The molecule has 0 saturated heterocycles. The van der Waals surface area contributed by atoms with Crippen molar-refractivity contribution in [2.75, 3.05) is 0 Å². The van der Waals surface area contributed by atoms with Crippen LogP contribution in [0.4, 0.5) is 4.39 Å². The Bertz CT molecular complexity index is 725. The van der Waals surface area contributed by atoms with E-state index in [4.69, 9.17) is 0 Å². The van der Waals surface area contributed by atoms with E-state index < -0.39 is 0 Å². The molecular weight excluding hydrogens is 315 g/mol. The van der Waals surface area contributed by atoms with Gasteiger partial charge >= 0.3 is 0 Å². The Labute approximate surface area is 148 Å². The van der Waals surface area contributed by atoms with Crippen LogP contribution in [0.1, 0.15) is 49.4 Å². The minimum Gasteiger partial charge on any atom is -0.348 e. The lowest BCUT2D eigenvalue weighted by molar-refractivity contribution is -0.704. The highest BCUT2D eigenvalue weighted by Gasteiger charge is 2.29. The maximum Gasteiger partial charge on any atom is 0.278 e. The summed E-state index contributed by atoms with van der Waals surface area (Å²) in [5.41, 5.74) is 3.21. The van der Waals surface area contributed by atoms with Crippen molar-refractivity contribution in [1.82, 2.24) is 5.32 Å². The molecule has 0 aliphatic heterocycles. The average molecular weight is 341 g/mol. The fraction of sp³-hybridized carbons (Fsp3) is 0.381. The first-order valence-corrected chi connectivity index (χ1v) is 9.06. The molecule has 3 rings (SSSR count). The summed E-state index contributed by atoms with van der Waals surface area (Å²) in [5.74, 6) is -0.203. The molecule has 3 N–H and O–H groups in total. The highest BCUT2D eigenvalue weighted by atomic mass is 19.1. The number of quaternary nitrogens is 1. The third-order valence-corrected chi connectivity index (χ3v) is 4.77. The van der Waals surface area contributed by atoms with Crippen LogP contribution >= 0.6 is 0 Å². The minimum atomic E-state index is -0.254. The van der Waals surface area contributed by atoms with Crippen molar-refractivity contribution in [2.45, 2.75) is 51.2 Å². The molecule has 0 spiro atoms. The summed E-state index contributed by atoms with van der Waals surface area (Å²) in [7, 11) is 0. The van der Waals surface area contributed by atoms with Crippen molar-refractivity contribution in [1.29, 1.82) is 0 Å². The summed E-state index contributed by atoms with van der Waals surface area (Å²) in [4.78, 5) is 12.3. The number of nitrogens with one attached hydrogen (secondary N) is 1. The van der Waals surface area contributed by atoms with E-state index in [1.165, 1.54) is 11.6 Å². The van der Waals surface area contributed by atoms with Gasteiger partial charge in [-0.25, -0.2) is 4.39 Å². The van der Waals surface area contributed by atoms with Gasteiger partial charge in [-0.2, -0.15) is 0 Å². The molecule has 2 atom stereocenters. The maximum atomic E-state index is 13.7. The molecule has 3 nitrogen and oxygen atoms in total. The molecule has 1 amide bonds. The lowest BCUT2D eigenvalue weighted by Gasteiger charge is -2.21. The molecule has 132 valence electrons. The first-order chi connectivity index (χ1) is 12.1. The molecule has 1 aliphatic rings.